The van der Waals surface area contributed by atoms with Crippen molar-refractivity contribution in [1.29, 1.82) is 0 Å². The lowest BCUT2D eigenvalue weighted by molar-refractivity contribution is 0.602. The van der Waals surface area contributed by atoms with Gasteiger partial charge in [-0.3, -0.25) is 0 Å². The Bertz CT molecular complexity index is 1440. The predicted molar refractivity (Wildman–Crippen MR) is 128 cm³/mol. The Kier molecular flexibility index (Phi) is 4.40. The lowest BCUT2D eigenvalue weighted by Gasteiger charge is -2.04. The largest absolute Gasteiger partial charge is 0.443 e. The first-order valence-corrected chi connectivity index (χ1v) is 10.4. The Morgan fingerprint density at radius 3 is 1.38 bits per heavy atom. The average Bonchev–Trinajstić information content (AvgIpc) is 3.53. The summed E-state index contributed by atoms with van der Waals surface area (Å²) >= 11 is 0. The molecule has 0 spiro atoms. The fraction of sp³-hybridized carbons (Fsp3) is 0. The highest BCUT2D eigenvalue weighted by Crippen LogP contribution is 2.29. The molecule has 0 aliphatic rings. The van der Waals surface area contributed by atoms with Crippen LogP contribution in [0.15, 0.2) is 107 Å². The average molecular weight is 414 g/mol. The number of aromatic nitrogens is 2. The molecular formula is C28H18N2O2. The zero-order chi connectivity index (χ0) is 21.3. The number of benzene rings is 4. The summed E-state index contributed by atoms with van der Waals surface area (Å²) in [7, 11) is 0. The zero-order valence-electron chi connectivity index (χ0n) is 17.1. The van der Waals surface area contributed by atoms with Crippen molar-refractivity contribution in [3.8, 4) is 22.3 Å². The van der Waals surface area contributed by atoms with Gasteiger partial charge in [0.25, 0.3) is 0 Å². The Morgan fingerprint density at radius 1 is 0.500 bits per heavy atom. The zero-order valence-corrected chi connectivity index (χ0v) is 17.1. The second-order valence-corrected chi connectivity index (χ2v) is 7.59. The smallest absolute Gasteiger partial charge is 0.182 e. The minimum absolute atomic E-state index is 0.801. The van der Waals surface area contributed by atoms with Crippen LogP contribution in [0.3, 0.4) is 0 Å². The molecule has 0 unspecified atom stereocenters. The van der Waals surface area contributed by atoms with Gasteiger partial charge in [-0.05, 0) is 34.4 Å². The van der Waals surface area contributed by atoms with E-state index in [-0.39, 0.29) is 0 Å². The summed E-state index contributed by atoms with van der Waals surface area (Å²) < 4.78 is 10.8. The van der Waals surface area contributed by atoms with E-state index in [1.165, 1.54) is 12.8 Å². The fourth-order valence-corrected chi connectivity index (χ4v) is 3.98. The van der Waals surface area contributed by atoms with Crippen molar-refractivity contribution in [3.63, 3.8) is 0 Å². The lowest BCUT2D eigenvalue weighted by atomic mass is 10.0. The van der Waals surface area contributed by atoms with Crippen LogP contribution in [0.1, 0.15) is 11.1 Å². The van der Waals surface area contributed by atoms with Gasteiger partial charge in [-0.25, -0.2) is 9.97 Å². The molecule has 4 heteroatoms. The molecule has 32 heavy (non-hydrogen) atoms. The van der Waals surface area contributed by atoms with Crippen LogP contribution in [0.4, 0.5) is 0 Å². The van der Waals surface area contributed by atoms with Gasteiger partial charge < -0.3 is 8.83 Å². The fourth-order valence-electron chi connectivity index (χ4n) is 3.98. The van der Waals surface area contributed by atoms with E-state index >= 15 is 0 Å². The summed E-state index contributed by atoms with van der Waals surface area (Å²) in [6.45, 7) is 0. The summed E-state index contributed by atoms with van der Waals surface area (Å²) in [5.41, 5.74) is 10.0. The van der Waals surface area contributed by atoms with Crippen LogP contribution in [0.5, 0.6) is 0 Å². The maximum atomic E-state index is 5.41. The Labute approximate surface area is 184 Å². The number of rotatable bonds is 4. The molecule has 0 saturated carbocycles. The van der Waals surface area contributed by atoms with Crippen LogP contribution in [0.25, 0.3) is 56.6 Å². The van der Waals surface area contributed by atoms with Crippen LogP contribution in [-0.2, 0) is 0 Å². The first kappa shape index (κ1) is 18.3. The molecule has 6 rings (SSSR count). The Morgan fingerprint density at radius 2 is 0.938 bits per heavy atom. The van der Waals surface area contributed by atoms with Crippen LogP contribution in [0, 0.1) is 0 Å². The summed E-state index contributed by atoms with van der Waals surface area (Å²) in [5.74, 6) is 0. The van der Waals surface area contributed by atoms with Gasteiger partial charge >= 0.3 is 0 Å². The Hall–Kier alpha value is -4.44. The standard InChI is InChI=1S/C28H18N2O2/c1-3-23(27-25(5-1)31-17-29-27)21-13-9-19(10-14-21)7-8-20-11-15-22(16-12-20)24-4-2-6-26-28(24)30-18-32-26/h1-18H. The number of fused-ring (bicyclic) bond motifs is 2. The minimum Gasteiger partial charge on any atom is -0.443 e. The summed E-state index contributed by atoms with van der Waals surface area (Å²) in [6.07, 6.45) is 7.22. The van der Waals surface area contributed by atoms with E-state index in [1.807, 2.05) is 24.3 Å². The van der Waals surface area contributed by atoms with Crippen molar-refractivity contribution in [2.45, 2.75) is 0 Å². The molecule has 2 heterocycles. The molecule has 0 aliphatic heterocycles. The van der Waals surface area contributed by atoms with Gasteiger partial charge in [0, 0.05) is 11.1 Å². The summed E-state index contributed by atoms with van der Waals surface area (Å²) in [5, 5.41) is 0. The van der Waals surface area contributed by atoms with Crippen molar-refractivity contribution in [2.24, 2.45) is 0 Å². The molecule has 2 aromatic heterocycles. The van der Waals surface area contributed by atoms with Crippen molar-refractivity contribution >= 4 is 34.4 Å². The number of hydrogen-bond donors (Lipinski definition) is 0. The summed E-state index contributed by atoms with van der Waals surface area (Å²) in [4.78, 5) is 8.69. The normalized spacial score (nSPS) is 11.6. The Balaban J connectivity index is 1.23. The van der Waals surface area contributed by atoms with E-state index in [2.05, 4.69) is 82.8 Å². The minimum atomic E-state index is 0.801. The summed E-state index contributed by atoms with van der Waals surface area (Å²) in [6, 6.07) is 28.9. The molecule has 152 valence electrons. The van der Waals surface area contributed by atoms with E-state index in [9.17, 15) is 0 Å². The van der Waals surface area contributed by atoms with E-state index in [1.54, 1.807) is 0 Å². The van der Waals surface area contributed by atoms with Crippen molar-refractivity contribution in [1.82, 2.24) is 9.97 Å². The molecule has 6 aromatic rings. The van der Waals surface area contributed by atoms with Crippen molar-refractivity contribution < 1.29 is 8.83 Å². The van der Waals surface area contributed by atoms with E-state index in [0.29, 0.717) is 0 Å². The van der Waals surface area contributed by atoms with E-state index in [4.69, 9.17) is 8.83 Å². The maximum absolute atomic E-state index is 5.41. The van der Waals surface area contributed by atoms with Crippen LogP contribution in [0.2, 0.25) is 0 Å². The predicted octanol–water partition coefficient (Wildman–Crippen LogP) is 7.47. The van der Waals surface area contributed by atoms with Crippen molar-refractivity contribution in [3.05, 3.63) is 109 Å². The molecular weight excluding hydrogens is 396 g/mol. The van der Waals surface area contributed by atoms with E-state index < -0.39 is 0 Å². The second-order valence-electron chi connectivity index (χ2n) is 7.59. The van der Waals surface area contributed by atoms with Gasteiger partial charge in [-0.2, -0.15) is 0 Å². The molecule has 0 saturated heterocycles. The highest BCUT2D eigenvalue weighted by atomic mass is 16.3. The van der Waals surface area contributed by atoms with Gasteiger partial charge in [-0.15, -0.1) is 0 Å². The third-order valence-electron chi connectivity index (χ3n) is 5.63. The number of nitrogens with zero attached hydrogens (tertiary/aromatic N) is 2. The molecule has 4 aromatic carbocycles. The first-order chi connectivity index (χ1) is 15.8. The molecule has 4 nitrogen and oxygen atoms in total. The highest BCUT2D eigenvalue weighted by Gasteiger charge is 2.08. The topological polar surface area (TPSA) is 52.1 Å². The third kappa shape index (κ3) is 3.28. The number of oxazole rings is 2. The van der Waals surface area contributed by atoms with Gasteiger partial charge in [0.2, 0.25) is 0 Å². The molecule has 0 amide bonds. The molecule has 0 radical (unpaired) electrons. The molecule has 0 aliphatic carbocycles. The monoisotopic (exact) mass is 414 g/mol. The third-order valence-corrected chi connectivity index (χ3v) is 5.63. The first-order valence-electron chi connectivity index (χ1n) is 10.4. The van der Waals surface area contributed by atoms with Gasteiger partial charge in [0.15, 0.2) is 24.0 Å². The SMILES string of the molecule is C(=Cc1ccc(-c2cccc3ocnc23)cc1)c1ccc(-c2cccc3ocnc23)cc1. The second kappa shape index (κ2) is 7.67. The number of hydrogen-bond acceptors (Lipinski definition) is 4. The molecule has 0 N–H and O–H groups in total. The quantitative estimate of drug-likeness (QED) is 0.281. The molecule has 0 atom stereocenters. The highest BCUT2D eigenvalue weighted by molar-refractivity contribution is 5.91. The van der Waals surface area contributed by atoms with E-state index in [0.717, 1.165) is 55.6 Å². The van der Waals surface area contributed by atoms with Gasteiger partial charge in [0.1, 0.15) is 11.0 Å². The van der Waals surface area contributed by atoms with Crippen LogP contribution < -0.4 is 0 Å². The van der Waals surface area contributed by atoms with Gasteiger partial charge in [0.05, 0.1) is 0 Å². The van der Waals surface area contributed by atoms with Crippen LogP contribution >= 0.6 is 0 Å². The van der Waals surface area contributed by atoms with Gasteiger partial charge in [-0.1, -0.05) is 84.9 Å². The van der Waals surface area contributed by atoms with Crippen LogP contribution in [-0.4, -0.2) is 9.97 Å². The van der Waals surface area contributed by atoms with Crippen molar-refractivity contribution in [2.75, 3.05) is 0 Å². The lowest BCUT2D eigenvalue weighted by Crippen LogP contribution is -1.82. The molecule has 0 bridgehead atoms. The maximum Gasteiger partial charge on any atom is 0.182 e. The molecule has 0 fully saturated rings. The number of para-hydroxylation sites is 2.